The molecule has 0 spiro atoms. The minimum Gasteiger partial charge on any atom is -0.481 e. The van der Waals surface area contributed by atoms with Crippen LogP contribution < -0.4 is 5.32 Å². The number of nitrogens with zero attached hydrogens (tertiary/aromatic N) is 1. The molecule has 35 heavy (non-hydrogen) atoms. The molecule has 2 aliphatic rings. The SMILES string of the molecule is CC(C)(O)C1CCN(C(=O)C(CC(=O)O)NC(=O)OCC2c3ccccc3-c3ccccc32)CC1. The van der Waals surface area contributed by atoms with Crippen LogP contribution in [0.1, 0.15) is 50.2 Å². The number of hydrogen-bond acceptors (Lipinski definition) is 5. The quantitative estimate of drug-likeness (QED) is 0.560. The molecular weight excluding hydrogens is 448 g/mol. The molecule has 3 N–H and O–H groups in total. The van der Waals surface area contributed by atoms with Crippen molar-refractivity contribution in [2.45, 2.75) is 50.7 Å². The Hall–Kier alpha value is -3.39. The van der Waals surface area contributed by atoms with Gasteiger partial charge in [0, 0.05) is 19.0 Å². The number of nitrogens with one attached hydrogen (secondary N) is 1. The van der Waals surface area contributed by atoms with Crippen LogP contribution in [0, 0.1) is 5.92 Å². The highest BCUT2D eigenvalue weighted by Crippen LogP contribution is 2.44. The van der Waals surface area contributed by atoms with Crippen molar-refractivity contribution >= 4 is 18.0 Å². The van der Waals surface area contributed by atoms with Gasteiger partial charge in [0.1, 0.15) is 12.6 Å². The van der Waals surface area contributed by atoms with Crippen molar-refractivity contribution in [3.8, 4) is 11.1 Å². The highest BCUT2D eigenvalue weighted by Gasteiger charge is 2.36. The molecule has 2 aromatic carbocycles. The third-order valence-electron chi connectivity index (χ3n) is 7.12. The zero-order chi connectivity index (χ0) is 25.2. The first kappa shape index (κ1) is 24.7. The Morgan fingerprint density at radius 3 is 2.09 bits per heavy atom. The molecule has 4 rings (SSSR count). The van der Waals surface area contributed by atoms with Crippen LogP contribution in [0.4, 0.5) is 4.79 Å². The fourth-order valence-corrected chi connectivity index (χ4v) is 5.18. The van der Waals surface area contributed by atoms with Gasteiger partial charge in [-0.3, -0.25) is 9.59 Å². The van der Waals surface area contributed by atoms with E-state index in [0.29, 0.717) is 25.9 Å². The largest absolute Gasteiger partial charge is 0.481 e. The molecule has 2 aromatic rings. The lowest BCUT2D eigenvalue weighted by atomic mass is 9.83. The summed E-state index contributed by atoms with van der Waals surface area (Å²) in [6, 6.07) is 14.7. The Bertz CT molecular complexity index is 1060. The smallest absolute Gasteiger partial charge is 0.407 e. The molecule has 0 aromatic heterocycles. The van der Waals surface area contributed by atoms with Gasteiger partial charge in [0.05, 0.1) is 12.0 Å². The maximum atomic E-state index is 13.0. The van der Waals surface area contributed by atoms with Crippen molar-refractivity contribution in [1.29, 1.82) is 0 Å². The number of likely N-dealkylation sites (tertiary alicyclic amines) is 1. The van der Waals surface area contributed by atoms with Crippen LogP contribution in [0.25, 0.3) is 11.1 Å². The number of fused-ring (bicyclic) bond motifs is 3. The monoisotopic (exact) mass is 480 g/mol. The normalized spacial score (nSPS) is 16.8. The predicted molar refractivity (Wildman–Crippen MR) is 130 cm³/mol. The van der Waals surface area contributed by atoms with Crippen LogP contribution in [-0.2, 0) is 14.3 Å². The number of carboxylic acid groups (broad SMARTS) is 1. The van der Waals surface area contributed by atoms with Gasteiger partial charge in [0.2, 0.25) is 5.91 Å². The van der Waals surface area contributed by atoms with E-state index in [1.54, 1.807) is 18.7 Å². The molecule has 0 radical (unpaired) electrons. The molecule has 0 saturated carbocycles. The highest BCUT2D eigenvalue weighted by atomic mass is 16.5. The van der Waals surface area contributed by atoms with E-state index in [-0.39, 0.29) is 18.4 Å². The Morgan fingerprint density at radius 1 is 1.03 bits per heavy atom. The van der Waals surface area contributed by atoms with E-state index < -0.39 is 36.0 Å². The van der Waals surface area contributed by atoms with Crippen LogP contribution in [0.15, 0.2) is 48.5 Å². The van der Waals surface area contributed by atoms with Gasteiger partial charge in [-0.05, 0) is 54.9 Å². The Kier molecular flexibility index (Phi) is 7.12. The highest BCUT2D eigenvalue weighted by molar-refractivity contribution is 5.89. The zero-order valence-electron chi connectivity index (χ0n) is 20.1. The van der Waals surface area contributed by atoms with E-state index in [9.17, 15) is 24.6 Å². The first-order valence-corrected chi connectivity index (χ1v) is 12.0. The molecular formula is C27H32N2O6. The lowest BCUT2D eigenvalue weighted by molar-refractivity contribution is -0.143. The number of benzene rings is 2. The standard InChI is InChI=1S/C27H32N2O6/c1-27(2,34)17-11-13-29(14-12-17)25(32)23(15-24(30)31)28-26(33)35-16-22-20-9-5-3-7-18(20)19-8-4-6-10-21(19)22/h3-10,17,22-23,34H,11-16H2,1-2H3,(H,28,33)(H,30,31). The second kappa shape index (κ2) is 10.1. The molecule has 0 bridgehead atoms. The Balaban J connectivity index is 1.39. The van der Waals surface area contributed by atoms with Crippen LogP contribution in [0.5, 0.6) is 0 Å². The zero-order valence-corrected chi connectivity index (χ0v) is 20.1. The summed E-state index contributed by atoms with van der Waals surface area (Å²) in [5, 5.41) is 22.0. The molecule has 1 fully saturated rings. The van der Waals surface area contributed by atoms with Crippen molar-refractivity contribution in [3.05, 3.63) is 59.7 Å². The predicted octanol–water partition coefficient (Wildman–Crippen LogP) is 3.38. The van der Waals surface area contributed by atoms with E-state index in [2.05, 4.69) is 5.32 Å². The van der Waals surface area contributed by atoms with Crippen molar-refractivity contribution < 1.29 is 29.3 Å². The second-order valence-corrected chi connectivity index (χ2v) is 9.87. The number of rotatable bonds is 7. The third kappa shape index (κ3) is 5.48. The van der Waals surface area contributed by atoms with Crippen LogP contribution in [0.3, 0.4) is 0 Å². The van der Waals surface area contributed by atoms with Gasteiger partial charge in [-0.1, -0.05) is 48.5 Å². The third-order valence-corrected chi connectivity index (χ3v) is 7.12. The number of ether oxygens (including phenoxy) is 1. The average molecular weight is 481 g/mol. The summed E-state index contributed by atoms with van der Waals surface area (Å²) in [5.41, 5.74) is 3.49. The number of aliphatic hydroxyl groups is 1. The molecule has 1 unspecified atom stereocenters. The van der Waals surface area contributed by atoms with Gasteiger partial charge in [-0.25, -0.2) is 4.79 Å². The van der Waals surface area contributed by atoms with Crippen molar-refractivity contribution in [3.63, 3.8) is 0 Å². The van der Waals surface area contributed by atoms with Crippen molar-refractivity contribution in [2.75, 3.05) is 19.7 Å². The number of carboxylic acids is 1. The molecule has 8 nitrogen and oxygen atoms in total. The number of aliphatic carboxylic acids is 1. The van der Waals surface area contributed by atoms with E-state index >= 15 is 0 Å². The number of carbonyl (C=O) groups is 3. The fourth-order valence-electron chi connectivity index (χ4n) is 5.18. The number of hydrogen-bond donors (Lipinski definition) is 3. The van der Waals surface area contributed by atoms with Crippen LogP contribution in [-0.4, -0.2) is 64.4 Å². The van der Waals surface area contributed by atoms with E-state index in [1.807, 2.05) is 48.5 Å². The molecule has 2 amide bonds. The summed E-state index contributed by atoms with van der Waals surface area (Å²) in [6.07, 6.45) is -0.133. The Morgan fingerprint density at radius 2 is 1.57 bits per heavy atom. The molecule has 8 heteroatoms. The van der Waals surface area contributed by atoms with Crippen molar-refractivity contribution in [2.24, 2.45) is 5.92 Å². The molecule has 186 valence electrons. The first-order chi connectivity index (χ1) is 16.6. The fraction of sp³-hybridized carbons (Fsp3) is 0.444. The summed E-state index contributed by atoms with van der Waals surface area (Å²) in [7, 11) is 0. The van der Waals surface area contributed by atoms with E-state index in [0.717, 1.165) is 22.3 Å². The second-order valence-electron chi connectivity index (χ2n) is 9.87. The average Bonchev–Trinajstić information content (AvgIpc) is 3.15. The molecule has 1 heterocycles. The summed E-state index contributed by atoms with van der Waals surface area (Å²) in [6.45, 7) is 4.37. The minimum atomic E-state index is -1.22. The van der Waals surface area contributed by atoms with E-state index in [1.165, 1.54) is 0 Å². The molecule has 1 atom stereocenters. The minimum absolute atomic E-state index is 0.0552. The molecule has 1 aliphatic carbocycles. The molecule has 1 aliphatic heterocycles. The van der Waals surface area contributed by atoms with Crippen LogP contribution >= 0.6 is 0 Å². The summed E-state index contributed by atoms with van der Waals surface area (Å²) in [4.78, 5) is 38.7. The van der Waals surface area contributed by atoms with Crippen molar-refractivity contribution in [1.82, 2.24) is 10.2 Å². The summed E-state index contributed by atoms with van der Waals surface area (Å²) >= 11 is 0. The summed E-state index contributed by atoms with van der Waals surface area (Å²) in [5.74, 6) is -1.72. The number of amides is 2. The lowest BCUT2D eigenvalue weighted by Crippen LogP contribution is -2.53. The maximum absolute atomic E-state index is 13.0. The van der Waals surface area contributed by atoms with Gasteiger partial charge in [-0.15, -0.1) is 0 Å². The lowest BCUT2D eigenvalue weighted by Gasteiger charge is -2.38. The number of piperidine rings is 1. The van der Waals surface area contributed by atoms with E-state index in [4.69, 9.17) is 4.74 Å². The first-order valence-electron chi connectivity index (χ1n) is 12.0. The summed E-state index contributed by atoms with van der Waals surface area (Å²) < 4.78 is 5.50. The van der Waals surface area contributed by atoms with Gasteiger partial charge < -0.3 is 25.2 Å². The number of alkyl carbamates (subject to hydrolysis) is 1. The topological polar surface area (TPSA) is 116 Å². The van der Waals surface area contributed by atoms with Gasteiger partial charge in [0.25, 0.3) is 0 Å². The van der Waals surface area contributed by atoms with Gasteiger partial charge in [-0.2, -0.15) is 0 Å². The van der Waals surface area contributed by atoms with Gasteiger partial charge in [0.15, 0.2) is 0 Å². The van der Waals surface area contributed by atoms with Crippen LogP contribution in [0.2, 0.25) is 0 Å². The number of carbonyl (C=O) groups excluding carboxylic acids is 2. The Labute approximate surface area is 204 Å². The van der Waals surface area contributed by atoms with Gasteiger partial charge >= 0.3 is 12.1 Å². The maximum Gasteiger partial charge on any atom is 0.407 e. The molecule has 1 saturated heterocycles.